The molecule has 1 aromatic carbocycles. The predicted molar refractivity (Wildman–Crippen MR) is 79.2 cm³/mol. The van der Waals surface area contributed by atoms with Crippen LogP contribution in [-0.4, -0.2) is 23.6 Å². The highest BCUT2D eigenvalue weighted by atomic mass is 15.2. The molecule has 4 nitrogen and oxygen atoms in total. The van der Waals surface area contributed by atoms with Crippen LogP contribution in [0.2, 0.25) is 0 Å². The number of nitrogens with two attached hydrogens (primary N) is 1. The lowest BCUT2D eigenvalue weighted by atomic mass is 10.1. The minimum Gasteiger partial charge on any atom is -0.368 e. The van der Waals surface area contributed by atoms with E-state index in [1.807, 2.05) is 18.2 Å². The minimum absolute atomic E-state index is 0.354. The first kappa shape index (κ1) is 12.2. The summed E-state index contributed by atoms with van der Waals surface area (Å²) < 4.78 is 0. The molecule has 0 atom stereocenters. The van der Waals surface area contributed by atoms with Crippen LogP contribution in [0.25, 0.3) is 10.9 Å². The van der Waals surface area contributed by atoms with Crippen LogP contribution in [0.15, 0.2) is 24.3 Å². The van der Waals surface area contributed by atoms with Crippen molar-refractivity contribution >= 4 is 22.7 Å². The molecule has 1 aliphatic rings. The van der Waals surface area contributed by atoms with Crippen LogP contribution in [-0.2, 0) is 0 Å². The third-order valence-corrected chi connectivity index (χ3v) is 3.97. The van der Waals surface area contributed by atoms with Crippen molar-refractivity contribution in [3.8, 4) is 0 Å². The van der Waals surface area contributed by atoms with E-state index in [4.69, 9.17) is 5.73 Å². The largest absolute Gasteiger partial charge is 0.368 e. The van der Waals surface area contributed by atoms with Gasteiger partial charge in [0.25, 0.3) is 0 Å². The van der Waals surface area contributed by atoms with Gasteiger partial charge in [0.05, 0.1) is 5.52 Å². The van der Waals surface area contributed by atoms with Crippen LogP contribution in [0.4, 0.5) is 11.8 Å². The van der Waals surface area contributed by atoms with E-state index in [1.54, 1.807) is 0 Å². The van der Waals surface area contributed by atoms with Gasteiger partial charge in [0.15, 0.2) is 0 Å². The van der Waals surface area contributed by atoms with E-state index in [2.05, 4.69) is 28.0 Å². The number of benzene rings is 1. The van der Waals surface area contributed by atoms with Crippen LogP contribution < -0.4 is 10.6 Å². The monoisotopic (exact) mass is 256 g/mol. The molecule has 0 bridgehead atoms. The Morgan fingerprint density at radius 2 is 1.95 bits per heavy atom. The lowest BCUT2D eigenvalue weighted by Crippen LogP contribution is -2.25. The zero-order chi connectivity index (χ0) is 13.2. The van der Waals surface area contributed by atoms with Gasteiger partial charge in [-0.05, 0) is 30.9 Å². The van der Waals surface area contributed by atoms with Crippen LogP contribution in [0.5, 0.6) is 0 Å². The van der Waals surface area contributed by atoms with Crippen LogP contribution >= 0.6 is 0 Å². The molecule has 2 N–H and O–H groups in total. The molecule has 0 aliphatic heterocycles. The van der Waals surface area contributed by atoms with Gasteiger partial charge in [-0.2, -0.15) is 4.98 Å². The van der Waals surface area contributed by atoms with E-state index in [0.29, 0.717) is 5.95 Å². The Morgan fingerprint density at radius 1 is 1.21 bits per heavy atom. The fraction of sp³-hybridized carbons (Fsp3) is 0.467. The Labute approximate surface area is 113 Å². The second kappa shape index (κ2) is 5.03. The second-order valence-electron chi connectivity index (χ2n) is 5.45. The molecule has 0 unspecified atom stereocenters. The molecule has 0 radical (unpaired) electrons. The van der Waals surface area contributed by atoms with Crippen LogP contribution in [0.1, 0.15) is 25.7 Å². The van der Waals surface area contributed by atoms with E-state index < -0.39 is 0 Å². The maximum Gasteiger partial charge on any atom is 0.222 e. The molecule has 1 aromatic heterocycles. The number of fused-ring (bicyclic) bond motifs is 1. The molecule has 3 rings (SSSR count). The van der Waals surface area contributed by atoms with Gasteiger partial charge in [0.1, 0.15) is 5.82 Å². The number of aromatic nitrogens is 2. The summed E-state index contributed by atoms with van der Waals surface area (Å²) in [6, 6.07) is 8.06. The maximum absolute atomic E-state index is 5.82. The fourth-order valence-electron chi connectivity index (χ4n) is 3.04. The van der Waals surface area contributed by atoms with Crippen molar-refractivity contribution in [1.82, 2.24) is 9.97 Å². The molecule has 2 aromatic rings. The Morgan fingerprint density at radius 3 is 2.74 bits per heavy atom. The average molecular weight is 256 g/mol. The molecule has 1 aliphatic carbocycles. The highest BCUT2D eigenvalue weighted by Crippen LogP contribution is 2.29. The Balaban J connectivity index is 1.94. The van der Waals surface area contributed by atoms with E-state index in [9.17, 15) is 0 Å². The zero-order valence-corrected chi connectivity index (χ0v) is 11.3. The minimum atomic E-state index is 0.354. The molecule has 4 heteroatoms. The van der Waals surface area contributed by atoms with Crippen LogP contribution in [0.3, 0.4) is 0 Å². The summed E-state index contributed by atoms with van der Waals surface area (Å²) in [7, 11) is 2.10. The first-order chi connectivity index (χ1) is 9.24. The number of rotatable bonds is 3. The van der Waals surface area contributed by atoms with E-state index in [0.717, 1.165) is 29.2 Å². The number of nitrogens with zero attached hydrogens (tertiary/aromatic N) is 3. The van der Waals surface area contributed by atoms with Crippen molar-refractivity contribution in [2.45, 2.75) is 25.7 Å². The maximum atomic E-state index is 5.82. The van der Waals surface area contributed by atoms with Gasteiger partial charge < -0.3 is 10.6 Å². The van der Waals surface area contributed by atoms with Gasteiger partial charge in [-0.25, -0.2) is 4.98 Å². The summed E-state index contributed by atoms with van der Waals surface area (Å²) in [6.07, 6.45) is 5.40. The molecule has 19 heavy (non-hydrogen) atoms. The predicted octanol–water partition coefficient (Wildman–Crippen LogP) is 2.84. The summed E-state index contributed by atoms with van der Waals surface area (Å²) in [5.41, 5.74) is 6.74. The average Bonchev–Trinajstić information content (AvgIpc) is 2.90. The third kappa shape index (κ3) is 2.48. The number of nitrogen functional groups attached to an aromatic ring is 1. The molecule has 0 saturated heterocycles. The summed E-state index contributed by atoms with van der Waals surface area (Å²) in [6.45, 7) is 1.06. The van der Waals surface area contributed by atoms with E-state index in [-0.39, 0.29) is 0 Å². The van der Waals surface area contributed by atoms with Gasteiger partial charge in [-0.1, -0.05) is 25.0 Å². The Hall–Kier alpha value is -1.84. The highest BCUT2D eigenvalue weighted by molar-refractivity contribution is 5.90. The number of para-hydroxylation sites is 1. The highest BCUT2D eigenvalue weighted by Gasteiger charge is 2.19. The van der Waals surface area contributed by atoms with Crippen molar-refractivity contribution in [3.05, 3.63) is 24.3 Å². The molecule has 1 saturated carbocycles. The molecule has 1 fully saturated rings. The number of hydrogen-bond acceptors (Lipinski definition) is 4. The van der Waals surface area contributed by atoms with Crippen molar-refractivity contribution in [2.75, 3.05) is 24.2 Å². The quantitative estimate of drug-likeness (QED) is 0.917. The molecule has 100 valence electrons. The van der Waals surface area contributed by atoms with Crippen LogP contribution in [0, 0.1) is 5.92 Å². The van der Waals surface area contributed by atoms with Crippen molar-refractivity contribution in [1.29, 1.82) is 0 Å². The molecular weight excluding hydrogens is 236 g/mol. The normalized spacial score (nSPS) is 16.1. The van der Waals surface area contributed by atoms with Gasteiger partial charge >= 0.3 is 0 Å². The lowest BCUT2D eigenvalue weighted by Gasteiger charge is -2.23. The van der Waals surface area contributed by atoms with Gasteiger partial charge in [0, 0.05) is 19.0 Å². The Bertz CT molecular complexity index is 575. The van der Waals surface area contributed by atoms with Gasteiger partial charge in [-0.15, -0.1) is 0 Å². The molecule has 1 heterocycles. The van der Waals surface area contributed by atoms with Crippen molar-refractivity contribution in [2.24, 2.45) is 5.92 Å². The summed E-state index contributed by atoms with van der Waals surface area (Å²) in [5.74, 6) is 2.10. The Kier molecular flexibility index (Phi) is 3.23. The fourth-order valence-corrected chi connectivity index (χ4v) is 3.04. The second-order valence-corrected chi connectivity index (χ2v) is 5.45. The third-order valence-electron chi connectivity index (χ3n) is 3.97. The van der Waals surface area contributed by atoms with E-state index in [1.165, 1.54) is 25.7 Å². The standard InChI is InChI=1S/C15H20N4/c1-19(10-11-6-2-3-7-11)14-12-8-4-5-9-13(12)17-15(16)18-14/h4-5,8-9,11H,2-3,6-7,10H2,1H3,(H2,16,17,18). The molecule has 0 spiro atoms. The van der Waals surface area contributed by atoms with Gasteiger partial charge in [-0.3, -0.25) is 0 Å². The number of hydrogen-bond donors (Lipinski definition) is 1. The SMILES string of the molecule is CN(CC1CCCC1)c1nc(N)nc2ccccc12. The summed E-state index contributed by atoms with van der Waals surface area (Å²) >= 11 is 0. The lowest BCUT2D eigenvalue weighted by molar-refractivity contribution is 0.545. The molecular formula is C15H20N4. The summed E-state index contributed by atoms with van der Waals surface area (Å²) in [5, 5.41) is 1.08. The van der Waals surface area contributed by atoms with Gasteiger partial charge in [0.2, 0.25) is 5.95 Å². The van der Waals surface area contributed by atoms with Crippen molar-refractivity contribution in [3.63, 3.8) is 0 Å². The zero-order valence-electron chi connectivity index (χ0n) is 11.3. The van der Waals surface area contributed by atoms with Crippen molar-refractivity contribution < 1.29 is 0 Å². The van der Waals surface area contributed by atoms with E-state index >= 15 is 0 Å². The topological polar surface area (TPSA) is 55.0 Å². The first-order valence-electron chi connectivity index (χ1n) is 6.97. The first-order valence-corrected chi connectivity index (χ1v) is 6.97. The smallest absolute Gasteiger partial charge is 0.222 e. The number of anilines is 2. The molecule has 0 amide bonds. The summed E-state index contributed by atoms with van der Waals surface area (Å²) in [4.78, 5) is 11.0.